The van der Waals surface area contributed by atoms with Crippen molar-refractivity contribution in [2.24, 2.45) is 0 Å². The average molecular weight is 252 g/mol. The van der Waals surface area contributed by atoms with Gasteiger partial charge in [0.15, 0.2) is 0 Å². The van der Waals surface area contributed by atoms with Crippen LogP contribution in [0.15, 0.2) is 12.1 Å². The second kappa shape index (κ2) is 5.96. The summed E-state index contributed by atoms with van der Waals surface area (Å²) in [5.41, 5.74) is 2.02. The molecule has 0 bridgehead atoms. The van der Waals surface area contributed by atoms with Crippen LogP contribution in [0.1, 0.15) is 19.4 Å². The minimum absolute atomic E-state index is 0.0266. The molecule has 2 N–H and O–H groups in total. The van der Waals surface area contributed by atoms with Crippen LogP contribution in [0.4, 0.5) is 5.69 Å². The summed E-state index contributed by atoms with van der Waals surface area (Å²) >= 11 is 0. The van der Waals surface area contributed by atoms with Gasteiger partial charge in [0.2, 0.25) is 0 Å². The van der Waals surface area contributed by atoms with Crippen LogP contribution in [0.25, 0.3) is 0 Å². The third kappa shape index (κ3) is 3.29. The Hall–Kier alpha value is -1.42. The number of benzene rings is 1. The molecule has 1 aromatic rings. The molecule has 0 spiro atoms. The summed E-state index contributed by atoms with van der Waals surface area (Å²) in [4.78, 5) is 0. The fourth-order valence-corrected chi connectivity index (χ4v) is 1.70. The van der Waals surface area contributed by atoms with Crippen molar-refractivity contribution in [2.45, 2.75) is 26.3 Å². The molecule has 0 amide bonds. The molecule has 0 aliphatic heterocycles. The van der Waals surface area contributed by atoms with Gasteiger partial charge in [0.05, 0.1) is 19.9 Å². The van der Waals surface area contributed by atoms with Crippen molar-refractivity contribution in [3.8, 4) is 11.5 Å². The van der Waals surface area contributed by atoms with Crippen molar-refractivity contribution in [3.63, 3.8) is 0 Å². The summed E-state index contributed by atoms with van der Waals surface area (Å²) < 4.78 is 10.7. The van der Waals surface area contributed by atoms with Gasteiger partial charge in [-0.15, -0.1) is 0 Å². The molecule has 0 unspecified atom stereocenters. The van der Waals surface area contributed by atoms with Crippen LogP contribution < -0.4 is 20.1 Å². The van der Waals surface area contributed by atoms with Gasteiger partial charge in [-0.05, 0) is 40.0 Å². The van der Waals surface area contributed by atoms with Gasteiger partial charge in [0.1, 0.15) is 11.5 Å². The summed E-state index contributed by atoms with van der Waals surface area (Å²) in [7, 11) is 5.30. The summed E-state index contributed by atoms with van der Waals surface area (Å²) in [6, 6.07) is 3.93. The highest BCUT2D eigenvalue weighted by Gasteiger charge is 2.16. The Morgan fingerprint density at radius 2 is 1.83 bits per heavy atom. The van der Waals surface area contributed by atoms with Crippen molar-refractivity contribution in [1.29, 1.82) is 0 Å². The summed E-state index contributed by atoms with van der Waals surface area (Å²) in [6.45, 7) is 7.09. The lowest BCUT2D eigenvalue weighted by Gasteiger charge is -2.26. The minimum atomic E-state index is 0.0266. The first-order valence-corrected chi connectivity index (χ1v) is 6.09. The van der Waals surface area contributed by atoms with Crippen LogP contribution >= 0.6 is 0 Å². The molecular weight excluding hydrogens is 228 g/mol. The van der Waals surface area contributed by atoms with E-state index < -0.39 is 0 Å². The zero-order valence-electron chi connectivity index (χ0n) is 12.2. The maximum absolute atomic E-state index is 5.45. The molecule has 0 aliphatic rings. The van der Waals surface area contributed by atoms with Gasteiger partial charge < -0.3 is 20.1 Å². The molecule has 0 saturated heterocycles. The number of nitrogens with one attached hydrogen (secondary N) is 2. The molecule has 18 heavy (non-hydrogen) atoms. The molecule has 0 heterocycles. The standard InChI is InChI=1S/C14H24N2O2/c1-10-12(17-5)8-7-11(13(10)18-6)16-9-14(2,3)15-4/h7-8,15-16H,9H2,1-6H3. The number of rotatable bonds is 6. The Morgan fingerprint density at radius 1 is 1.17 bits per heavy atom. The number of anilines is 1. The average Bonchev–Trinajstić information content (AvgIpc) is 2.36. The van der Waals surface area contributed by atoms with Crippen LogP contribution in [-0.2, 0) is 0 Å². The Kier molecular flexibility index (Phi) is 4.84. The van der Waals surface area contributed by atoms with Crippen molar-refractivity contribution >= 4 is 5.69 Å². The van der Waals surface area contributed by atoms with Gasteiger partial charge in [-0.2, -0.15) is 0 Å². The van der Waals surface area contributed by atoms with E-state index in [0.717, 1.165) is 29.3 Å². The molecule has 0 radical (unpaired) electrons. The largest absolute Gasteiger partial charge is 0.496 e. The van der Waals surface area contributed by atoms with Gasteiger partial charge >= 0.3 is 0 Å². The molecule has 0 atom stereocenters. The van der Waals surface area contributed by atoms with Crippen LogP contribution in [0.2, 0.25) is 0 Å². The van der Waals surface area contributed by atoms with Crippen molar-refractivity contribution < 1.29 is 9.47 Å². The van der Waals surface area contributed by atoms with E-state index in [9.17, 15) is 0 Å². The Morgan fingerprint density at radius 3 is 2.33 bits per heavy atom. The Labute approximate surface area is 110 Å². The monoisotopic (exact) mass is 252 g/mol. The molecule has 4 heteroatoms. The number of likely N-dealkylation sites (N-methyl/N-ethyl adjacent to an activating group) is 1. The van der Waals surface area contributed by atoms with E-state index >= 15 is 0 Å². The molecule has 1 rings (SSSR count). The van der Waals surface area contributed by atoms with Crippen LogP contribution in [0.5, 0.6) is 11.5 Å². The second-order valence-electron chi connectivity index (χ2n) is 4.96. The highest BCUT2D eigenvalue weighted by atomic mass is 16.5. The lowest BCUT2D eigenvalue weighted by atomic mass is 10.1. The van der Waals surface area contributed by atoms with E-state index in [1.165, 1.54) is 0 Å². The molecule has 1 aromatic carbocycles. The van der Waals surface area contributed by atoms with E-state index in [0.29, 0.717) is 0 Å². The van der Waals surface area contributed by atoms with Crippen molar-refractivity contribution in [3.05, 3.63) is 17.7 Å². The quantitative estimate of drug-likeness (QED) is 0.816. The maximum Gasteiger partial charge on any atom is 0.148 e. The normalized spacial score (nSPS) is 11.2. The van der Waals surface area contributed by atoms with E-state index in [1.54, 1.807) is 14.2 Å². The molecule has 0 aromatic heterocycles. The Bertz CT molecular complexity index is 403. The number of hydrogen-bond donors (Lipinski definition) is 2. The predicted molar refractivity (Wildman–Crippen MR) is 75.9 cm³/mol. The highest BCUT2D eigenvalue weighted by Crippen LogP contribution is 2.34. The van der Waals surface area contributed by atoms with Gasteiger partial charge in [-0.1, -0.05) is 0 Å². The van der Waals surface area contributed by atoms with Crippen LogP contribution in [0, 0.1) is 6.92 Å². The first-order chi connectivity index (χ1) is 8.45. The zero-order chi connectivity index (χ0) is 13.8. The highest BCUT2D eigenvalue weighted by molar-refractivity contribution is 5.64. The number of methoxy groups -OCH3 is 2. The van der Waals surface area contributed by atoms with Gasteiger partial charge in [-0.3, -0.25) is 0 Å². The van der Waals surface area contributed by atoms with Crippen LogP contribution in [-0.4, -0.2) is 33.4 Å². The molecule has 0 saturated carbocycles. The molecular formula is C14H24N2O2. The Balaban J connectivity index is 2.93. The SMILES string of the molecule is CNC(C)(C)CNc1ccc(OC)c(C)c1OC. The van der Waals surface area contributed by atoms with Crippen molar-refractivity contribution in [2.75, 3.05) is 33.1 Å². The second-order valence-corrected chi connectivity index (χ2v) is 4.96. The summed E-state index contributed by atoms with van der Waals surface area (Å²) in [5.74, 6) is 1.67. The summed E-state index contributed by atoms with van der Waals surface area (Å²) in [6.07, 6.45) is 0. The van der Waals surface area contributed by atoms with Gasteiger partial charge in [-0.25, -0.2) is 0 Å². The number of hydrogen-bond acceptors (Lipinski definition) is 4. The van der Waals surface area contributed by atoms with E-state index in [2.05, 4.69) is 24.5 Å². The lowest BCUT2D eigenvalue weighted by Crippen LogP contribution is -2.42. The van der Waals surface area contributed by atoms with Gasteiger partial charge in [0.25, 0.3) is 0 Å². The summed E-state index contributed by atoms with van der Waals surface area (Å²) in [5, 5.41) is 6.66. The van der Waals surface area contributed by atoms with Gasteiger partial charge in [0, 0.05) is 17.6 Å². The third-order valence-electron chi connectivity index (χ3n) is 3.18. The fourth-order valence-electron chi connectivity index (χ4n) is 1.70. The van der Waals surface area contributed by atoms with E-state index in [-0.39, 0.29) is 5.54 Å². The molecule has 102 valence electrons. The van der Waals surface area contributed by atoms with E-state index in [4.69, 9.17) is 9.47 Å². The molecule has 0 aliphatic carbocycles. The first-order valence-electron chi connectivity index (χ1n) is 6.09. The van der Waals surface area contributed by atoms with Crippen molar-refractivity contribution in [1.82, 2.24) is 5.32 Å². The maximum atomic E-state index is 5.45. The first kappa shape index (κ1) is 14.6. The van der Waals surface area contributed by atoms with Crippen LogP contribution in [0.3, 0.4) is 0 Å². The lowest BCUT2D eigenvalue weighted by molar-refractivity contribution is 0.389. The predicted octanol–water partition coefficient (Wildman–Crippen LogP) is 2.42. The minimum Gasteiger partial charge on any atom is -0.496 e. The third-order valence-corrected chi connectivity index (χ3v) is 3.18. The number of ether oxygens (including phenoxy) is 2. The topological polar surface area (TPSA) is 42.5 Å². The molecule has 4 nitrogen and oxygen atoms in total. The molecule has 0 fully saturated rings. The zero-order valence-corrected chi connectivity index (χ0v) is 12.2. The smallest absolute Gasteiger partial charge is 0.148 e. The fraction of sp³-hybridized carbons (Fsp3) is 0.571. The van der Waals surface area contributed by atoms with E-state index in [1.807, 2.05) is 26.1 Å².